The van der Waals surface area contributed by atoms with E-state index in [1.807, 2.05) is 0 Å². The van der Waals surface area contributed by atoms with Gasteiger partial charge in [-0.05, 0) is 37.1 Å². The van der Waals surface area contributed by atoms with Crippen LogP contribution in [0, 0.1) is 0 Å². The molecule has 1 fully saturated rings. The minimum absolute atomic E-state index is 0.353. The highest BCUT2D eigenvalue weighted by molar-refractivity contribution is 5.47. The van der Waals surface area contributed by atoms with E-state index in [1.54, 1.807) is 0 Å². The van der Waals surface area contributed by atoms with Gasteiger partial charge in [-0.3, -0.25) is 0 Å². The van der Waals surface area contributed by atoms with E-state index >= 15 is 0 Å². The van der Waals surface area contributed by atoms with Gasteiger partial charge in [-0.1, -0.05) is 13.0 Å². The standard InChI is InChI=1S/C14H19NO2/c1-2-15-10-14(5-6-14)11-3-4-12-13(9-11)17-8-7-16-12/h3-4,9,15H,2,5-8,10H2,1H3. The normalized spacial score (nSPS) is 20.1. The number of hydrogen-bond acceptors (Lipinski definition) is 3. The van der Waals surface area contributed by atoms with Crippen molar-refractivity contribution in [3.63, 3.8) is 0 Å². The minimum atomic E-state index is 0.353. The zero-order valence-corrected chi connectivity index (χ0v) is 10.3. The van der Waals surface area contributed by atoms with Gasteiger partial charge in [0.05, 0.1) is 0 Å². The Balaban J connectivity index is 1.83. The average Bonchev–Trinajstić information content (AvgIpc) is 3.17. The average molecular weight is 233 g/mol. The molecule has 2 aliphatic rings. The highest BCUT2D eigenvalue weighted by Crippen LogP contribution is 2.49. The van der Waals surface area contributed by atoms with Crippen LogP contribution in [0.15, 0.2) is 18.2 Å². The molecule has 3 heteroatoms. The lowest BCUT2D eigenvalue weighted by molar-refractivity contribution is 0.171. The Bertz CT molecular complexity index is 413. The van der Waals surface area contributed by atoms with E-state index in [0.717, 1.165) is 24.6 Å². The molecule has 0 bridgehead atoms. The number of fused-ring (bicyclic) bond motifs is 1. The molecular weight excluding hydrogens is 214 g/mol. The van der Waals surface area contributed by atoms with Crippen LogP contribution in [0.25, 0.3) is 0 Å². The molecule has 0 atom stereocenters. The predicted octanol–water partition coefficient (Wildman–Crippen LogP) is 2.10. The van der Waals surface area contributed by atoms with Gasteiger partial charge in [0.25, 0.3) is 0 Å². The van der Waals surface area contributed by atoms with E-state index in [9.17, 15) is 0 Å². The predicted molar refractivity (Wildman–Crippen MR) is 66.9 cm³/mol. The monoisotopic (exact) mass is 233 g/mol. The van der Waals surface area contributed by atoms with Gasteiger partial charge < -0.3 is 14.8 Å². The van der Waals surface area contributed by atoms with Gasteiger partial charge in [0.1, 0.15) is 13.2 Å². The Morgan fingerprint density at radius 1 is 1.18 bits per heavy atom. The third kappa shape index (κ3) is 2.00. The number of likely N-dealkylation sites (N-methyl/N-ethyl adjacent to an activating group) is 1. The van der Waals surface area contributed by atoms with Gasteiger partial charge in [-0.25, -0.2) is 0 Å². The van der Waals surface area contributed by atoms with E-state index < -0.39 is 0 Å². The summed E-state index contributed by atoms with van der Waals surface area (Å²) in [6, 6.07) is 6.41. The van der Waals surface area contributed by atoms with E-state index in [2.05, 4.69) is 30.4 Å². The first-order valence-electron chi connectivity index (χ1n) is 6.45. The molecule has 1 aromatic rings. The fraction of sp³-hybridized carbons (Fsp3) is 0.571. The van der Waals surface area contributed by atoms with Crippen LogP contribution in [0.1, 0.15) is 25.3 Å². The van der Waals surface area contributed by atoms with Crippen molar-refractivity contribution in [1.29, 1.82) is 0 Å². The lowest BCUT2D eigenvalue weighted by atomic mass is 9.95. The molecule has 3 nitrogen and oxygen atoms in total. The summed E-state index contributed by atoms with van der Waals surface area (Å²) in [5.41, 5.74) is 1.74. The van der Waals surface area contributed by atoms with Crippen LogP contribution in [0.5, 0.6) is 11.5 Å². The Hall–Kier alpha value is -1.22. The highest BCUT2D eigenvalue weighted by Gasteiger charge is 2.44. The summed E-state index contributed by atoms with van der Waals surface area (Å²) in [5, 5.41) is 3.46. The molecule has 0 spiro atoms. The van der Waals surface area contributed by atoms with Gasteiger partial charge >= 0.3 is 0 Å². The SMILES string of the molecule is CCNCC1(c2ccc3c(c2)OCCO3)CC1. The highest BCUT2D eigenvalue weighted by atomic mass is 16.6. The Morgan fingerprint density at radius 3 is 2.65 bits per heavy atom. The molecule has 1 saturated carbocycles. The second-order valence-corrected chi connectivity index (χ2v) is 4.92. The number of rotatable bonds is 4. The fourth-order valence-corrected chi connectivity index (χ4v) is 2.46. The first-order valence-corrected chi connectivity index (χ1v) is 6.45. The molecule has 1 aliphatic heterocycles. The molecule has 0 radical (unpaired) electrons. The zero-order valence-electron chi connectivity index (χ0n) is 10.3. The van der Waals surface area contributed by atoms with Crippen LogP contribution >= 0.6 is 0 Å². The molecule has 1 aromatic carbocycles. The van der Waals surface area contributed by atoms with E-state index in [0.29, 0.717) is 18.6 Å². The van der Waals surface area contributed by atoms with Crippen LogP contribution < -0.4 is 14.8 Å². The lowest BCUT2D eigenvalue weighted by Gasteiger charge is -2.22. The minimum Gasteiger partial charge on any atom is -0.486 e. The molecule has 1 N–H and O–H groups in total. The molecule has 0 saturated heterocycles. The van der Waals surface area contributed by atoms with E-state index in [1.165, 1.54) is 18.4 Å². The van der Waals surface area contributed by atoms with Crippen molar-refractivity contribution in [2.24, 2.45) is 0 Å². The third-order valence-electron chi connectivity index (χ3n) is 3.72. The first kappa shape index (κ1) is 10.9. The zero-order chi connectivity index (χ0) is 11.7. The van der Waals surface area contributed by atoms with Crippen LogP contribution in [0.4, 0.5) is 0 Å². The summed E-state index contributed by atoms with van der Waals surface area (Å²) in [7, 11) is 0. The third-order valence-corrected chi connectivity index (χ3v) is 3.72. The molecule has 92 valence electrons. The quantitative estimate of drug-likeness (QED) is 0.864. The number of ether oxygens (including phenoxy) is 2. The summed E-state index contributed by atoms with van der Waals surface area (Å²) in [6.45, 7) is 5.58. The van der Waals surface area contributed by atoms with Gasteiger partial charge in [0, 0.05) is 12.0 Å². The molecule has 17 heavy (non-hydrogen) atoms. The molecule has 0 amide bonds. The van der Waals surface area contributed by atoms with Crippen molar-refractivity contribution in [3.8, 4) is 11.5 Å². The summed E-state index contributed by atoms with van der Waals surface area (Å²) >= 11 is 0. The van der Waals surface area contributed by atoms with Crippen molar-refractivity contribution in [1.82, 2.24) is 5.32 Å². The largest absolute Gasteiger partial charge is 0.486 e. The Labute approximate surface area is 102 Å². The van der Waals surface area contributed by atoms with Crippen LogP contribution in [0.2, 0.25) is 0 Å². The topological polar surface area (TPSA) is 30.5 Å². The molecule has 3 rings (SSSR count). The molecular formula is C14H19NO2. The summed E-state index contributed by atoms with van der Waals surface area (Å²) < 4.78 is 11.2. The smallest absolute Gasteiger partial charge is 0.161 e. The van der Waals surface area contributed by atoms with Gasteiger partial charge in [0.15, 0.2) is 11.5 Å². The Morgan fingerprint density at radius 2 is 1.94 bits per heavy atom. The van der Waals surface area contributed by atoms with Crippen molar-refractivity contribution in [2.75, 3.05) is 26.3 Å². The van der Waals surface area contributed by atoms with Crippen LogP contribution in [0.3, 0.4) is 0 Å². The van der Waals surface area contributed by atoms with Crippen molar-refractivity contribution >= 4 is 0 Å². The van der Waals surface area contributed by atoms with Crippen LogP contribution in [-0.4, -0.2) is 26.3 Å². The van der Waals surface area contributed by atoms with Gasteiger partial charge in [-0.15, -0.1) is 0 Å². The number of benzene rings is 1. The second kappa shape index (κ2) is 4.22. The molecule has 1 aliphatic carbocycles. The van der Waals surface area contributed by atoms with Crippen molar-refractivity contribution < 1.29 is 9.47 Å². The summed E-state index contributed by atoms with van der Waals surface area (Å²) in [4.78, 5) is 0. The van der Waals surface area contributed by atoms with Gasteiger partial charge in [0.2, 0.25) is 0 Å². The maximum atomic E-state index is 5.65. The van der Waals surface area contributed by atoms with Crippen molar-refractivity contribution in [2.45, 2.75) is 25.2 Å². The number of hydrogen-bond donors (Lipinski definition) is 1. The van der Waals surface area contributed by atoms with E-state index in [4.69, 9.17) is 9.47 Å². The fourth-order valence-electron chi connectivity index (χ4n) is 2.46. The first-order chi connectivity index (χ1) is 8.34. The molecule has 1 heterocycles. The maximum Gasteiger partial charge on any atom is 0.161 e. The number of nitrogens with one attached hydrogen (secondary N) is 1. The summed E-state index contributed by atoms with van der Waals surface area (Å²) in [6.07, 6.45) is 2.55. The molecule has 0 unspecified atom stereocenters. The molecule has 0 aromatic heterocycles. The van der Waals surface area contributed by atoms with Gasteiger partial charge in [-0.2, -0.15) is 0 Å². The Kier molecular flexibility index (Phi) is 2.71. The maximum absolute atomic E-state index is 5.65. The second-order valence-electron chi connectivity index (χ2n) is 4.92. The lowest BCUT2D eigenvalue weighted by Crippen LogP contribution is -2.26. The van der Waals surface area contributed by atoms with Crippen LogP contribution in [-0.2, 0) is 5.41 Å². The summed E-state index contributed by atoms with van der Waals surface area (Å²) in [5.74, 6) is 1.80. The van der Waals surface area contributed by atoms with Crippen molar-refractivity contribution in [3.05, 3.63) is 23.8 Å². The van der Waals surface area contributed by atoms with E-state index in [-0.39, 0.29) is 0 Å².